The summed E-state index contributed by atoms with van der Waals surface area (Å²) < 4.78 is 0. The van der Waals surface area contributed by atoms with Crippen molar-refractivity contribution >= 4 is 8.58 Å². The molecule has 0 spiro atoms. The molecule has 0 aromatic carbocycles. The van der Waals surface area contributed by atoms with E-state index in [-0.39, 0.29) is 10.3 Å². The number of rotatable bonds is 12. The third-order valence-corrected chi connectivity index (χ3v) is 6.21. The molecular weight excluding hydrogens is 309 g/mol. The first-order valence-corrected chi connectivity index (χ1v) is 10.4. The molecule has 0 amide bonds. The van der Waals surface area contributed by atoms with Crippen molar-refractivity contribution in [2.45, 2.75) is 78.0 Å². The van der Waals surface area contributed by atoms with Crippen LogP contribution in [0.4, 0.5) is 0 Å². The van der Waals surface area contributed by atoms with E-state index in [4.69, 9.17) is 0 Å². The van der Waals surface area contributed by atoms with Gasteiger partial charge in [0, 0.05) is 13.0 Å². The second-order valence-electron chi connectivity index (χ2n) is 6.25. The monoisotopic (exact) mass is 343 g/mol. The van der Waals surface area contributed by atoms with Crippen molar-refractivity contribution < 1.29 is 4.92 Å². The zero-order chi connectivity index (χ0) is 17.3. The van der Waals surface area contributed by atoms with Crippen molar-refractivity contribution in [2.24, 2.45) is 0 Å². The van der Waals surface area contributed by atoms with E-state index in [2.05, 4.69) is 37.5 Å². The fourth-order valence-corrected chi connectivity index (χ4v) is 4.99. The highest BCUT2D eigenvalue weighted by molar-refractivity contribution is 7.39. The molecule has 0 N–H and O–H groups in total. The van der Waals surface area contributed by atoms with E-state index in [1.807, 2.05) is 6.20 Å². The summed E-state index contributed by atoms with van der Waals surface area (Å²) in [5.41, 5.74) is 0. The first-order valence-electron chi connectivity index (χ1n) is 9.22. The Bertz CT molecular complexity index is 403. The summed E-state index contributed by atoms with van der Waals surface area (Å²) in [7, 11) is 0.706. The molecule has 0 radical (unpaired) electrons. The van der Waals surface area contributed by atoms with Crippen molar-refractivity contribution in [1.82, 2.24) is 9.80 Å². The molecular formula is C17H34N3O2P. The smallest absolute Gasteiger partial charge is 0.336 e. The van der Waals surface area contributed by atoms with Gasteiger partial charge in [0.05, 0.1) is 12.7 Å². The fraction of sp³-hybridized carbons (Fsp3) is 0.882. The van der Waals surface area contributed by atoms with Crippen LogP contribution < -0.4 is 0 Å². The Labute approximate surface area is 143 Å². The van der Waals surface area contributed by atoms with Crippen molar-refractivity contribution in [2.75, 3.05) is 19.3 Å². The van der Waals surface area contributed by atoms with E-state index >= 15 is 0 Å². The van der Waals surface area contributed by atoms with Gasteiger partial charge in [-0.05, 0) is 38.9 Å². The van der Waals surface area contributed by atoms with Gasteiger partial charge in [-0.3, -0.25) is 0 Å². The van der Waals surface area contributed by atoms with Crippen LogP contribution in [-0.2, 0) is 0 Å². The number of nitrogens with zero attached hydrogens (tertiary/aromatic N) is 3. The van der Waals surface area contributed by atoms with Crippen LogP contribution in [0, 0.1) is 10.1 Å². The van der Waals surface area contributed by atoms with Gasteiger partial charge in [-0.25, -0.2) is 4.90 Å². The van der Waals surface area contributed by atoms with Gasteiger partial charge in [0.15, 0.2) is 5.40 Å². The maximum Gasteiger partial charge on any atom is 0.336 e. The van der Waals surface area contributed by atoms with Gasteiger partial charge in [0.25, 0.3) is 0 Å². The summed E-state index contributed by atoms with van der Waals surface area (Å²) in [4.78, 5) is 15.9. The van der Waals surface area contributed by atoms with E-state index in [1.54, 1.807) is 0 Å². The summed E-state index contributed by atoms with van der Waals surface area (Å²) in [5, 5.41) is 11.5. The minimum Gasteiger partial charge on any atom is -0.358 e. The SMILES string of the molecule is CCCCN1C=C([N+](=O)[O-])N(CCCC)C1(CCCC)PCC. The van der Waals surface area contributed by atoms with Gasteiger partial charge in [0.2, 0.25) is 0 Å². The van der Waals surface area contributed by atoms with Gasteiger partial charge in [-0.2, -0.15) is 0 Å². The first-order chi connectivity index (χ1) is 11.1. The van der Waals surface area contributed by atoms with Crippen LogP contribution in [0.25, 0.3) is 0 Å². The Morgan fingerprint density at radius 3 is 2.22 bits per heavy atom. The molecule has 134 valence electrons. The molecule has 23 heavy (non-hydrogen) atoms. The second-order valence-corrected chi connectivity index (χ2v) is 8.11. The minimum absolute atomic E-state index is 0.155. The second kappa shape index (κ2) is 10.1. The van der Waals surface area contributed by atoms with Crippen LogP contribution in [0.5, 0.6) is 0 Å². The molecule has 0 saturated carbocycles. The highest BCUT2D eigenvalue weighted by atomic mass is 31.1. The predicted octanol–water partition coefficient (Wildman–Crippen LogP) is 4.82. The lowest BCUT2D eigenvalue weighted by Gasteiger charge is -2.42. The lowest BCUT2D eigenvalue weighted by molar-refractivity contribution is -0.446. The molecule has 1 heterocycles. The Kier molecular flexibility index (Phi) is 8.90. The molecule has 0 aromatic rings. The average Bonchev–Trinajstić information content (AvgIpc) is 2.83. The number of hydrogen-bond acceptors (Lipinski definition) is 4. The van der Waals surface area contributed by atoms with E-state index in [0.717, 1.165) is 64.2 Å². The highest BCUT2D eigenvalue weighted by Crippen LogP contribution is 2.48. The summed E-state index contributed by atoms with van der Waals surface area (Å²) in [6.07, 6.45) is 10.5. The molecule has 2 atom stereocenters. The maximum absolute atomic E-state index is 11.6. The van der Waals surface area contributed by atoms with E-state index in [1.165, 1.54) is 0 Å². The molecule has 0 aromatic heterocycles. The van der Waals surface area contributed by atoms with Crippen molar-refractivity contribution in [3.8, 4) is 0 Å². The Morgan fingerprint density at radius 2 is 1.70 bits per heavy atom. The molecule has 6 heteroatoms. The summed E-state index contributed by atoms with van der Waals surface area (Å²) >= 11 is 0. The summed E-state index contributed by atoms with van der Waals surface area (Å²) in [6.45, 7) is 10.4. The van der Waals surface area contributed by atoms with Crippen molar-refractivity contribution in [3.63, 3.8) is 0 Å². The molecule has 1 rings (SSSR count). The van der Waals surface area contributed by atoms with Gasteiger partial charge in [-0.1, -0.05) is 47.0 Å². The normalized spacial score (nSPS) is 21.5. The third-order valence-electron chi connectivity index (χ3n) is 4.48. The fourth-order valence-electron chi connectivity index (χ4n) is 3.27. The minimum atomic E-state index is -0.178. The lowest BCUT2D eigenvalue weighted by Crippen LogP contribution is -2.52. The molecule has 0 fully saturated rings. The molecule has 2 unspecified atom stereocenters. The standard InChI is InChI=1S/C17H34N3O2P/c1-5-9-12-17(23-8-4)18(13-10-6-2)15-16(20(21)22)19(17)14-11-7-3/h15,23H,5-14H2,1-4H3. The van der Waals surface area contributed by atoms with Gasteiger partial charge in [0.1, 0.15) is 0 Å². The summed E-state index contributed by atoms with van der Waals surface area (Å²) in [6, 6.07) is 0. The Morgan fingerprint density at radius 1 is 1.09 bits per heavy atom. The number of hydrogen-bond donors (Lipinski definition) is 0. The predicted molar refractivity (Wildman–Crippen MR) is 99.4 cm³/mol. The number of unbranched alkanes of at least 4 members (excludes halogenated alkanes) is 3. The molecule has 5 nitrogen and oxygen atoms in total. The van der Waals surface area contributed by atoms with E-state index in [0.29, 0.717) is 14.4 Å². The first kappa shape index (κ1) is 20.2. The van der Waals surface area contributed by atoms with Gasteiger partial charge < -0.3 is 15.0 Å². The maximum atomic E-state index is 11.6. The Balaban J connectivity index is 3.17. The third kappa shape index (κ3) is 4.82. The molecule has 1 aliphatic heterocycles. The van der Waals surface area contributed by atoms with Crippen molar-refractivity contribution in [1.29, 1.82) is 0 Å². The molecule has 1 aliphatic rings. The molecule has 0 saturated heterocycles. The quantitative estimate of drug-likeness (QED) is 0.289. The lowest BCUT2D eigenvalue weighted by atomic mass is 10.1. The van der Waals surface area contributed by atoms with Crippen LogP contribution in [0.15, 0.2) is 12.0 Å². The van der Waals surface area contributed by atoms with Crippen LogP contribution in [0.1, 0.15) is 72.6 Å². The Hall–Kier alpha value is -0.830. The molecule has 0 aliphatic carbocycles. The van der Waals surface area contributed by atoms with Crippen LogP contribution >= 0.6 is 8.58 Å². The van der Waals surface area contributed by atoms with E-state index in [9.17, 15) is 10.1 Å². The topological polar surface area (TPSA) is 49.6 Å². The van der Waals surface area contributed by atoms with E-state index < -0.39 is 0 Å². The zero-order valence-corrected chi connectivity index (χ0v) is 16.3. The highest BCUT2D eigenvalue weighted by Gasteiger charge is 2.52. The van der Waals surface area contributed by atoms with Gasteiger partial charge >= 0.3 is 5.82 Å². The zero-order valence-electron chi connectivity index (χ0n) is 15.3. The largest absolute Gasteiger partial charge is 0.358 e. The van der Waals surface area contributed by atoms with Crippen LogP contribution in [-0.4, -0.2) is 39.4 Å². The average molecular weight is 343 g/mol. The van der Waals surface area contributed by atoms with Crippen LogP contribution in [0.2, 0.25) is 0 Å². The van der Waals surface area contributed by atoms with Gasteiger partial charge in [-0.15, -0.1) is 0 Å². The van der Waals surface area contributed by atoms with Crippen molar-refractivity contribution in [3.05, 3.63) is 22.1 Å². The molecule has 0 bridgehead atoms. The van der Waals surface area contributed by atoms with Crippen LogP contribution in [0.3, 0.4) is 0 Å². The summed E-state index contributed by atoms with van der Waals surface area (Å²) in [5.74, 6) is 0.312. The number of nitro groups is 1.